The first-order valence-corrected chi connectivity index (χ1v) is 8.34. The molecule has 9 heteroatoms. The Morgan fingerprint density at radius 1 is 1.32 bits per heavy atom. The molecule has 3 N–H and O–H groups in total. The summed E-state index contributed by atoms with van der Waals surface area (Å²) >= 11 is 0. The highest BCUT2D eigenvalue weighted by Crippen LogP contribution is 2.22. The topological polar surface area (TPSA) is 130 Å². The number of para-hydroxylation sites is 1. The van der Waals surface area contributed by atoms with Crippen molar-refractivity contribution in [3.8, 4) is 6.07 Å². The van der Waals surface area contributed by atoms with Crippen molar-refractivity contribution in [3.05, 3.63) is 24.3 Å². The van der Waals surface area contributed by atoms with Gasteiger partial charge in [0.2, 0.25) is 20.0 Å². The van der Waals surface area contributed by atoms with Gasteiger partial charge in [-0.15, -0.1) is 0 Å². The van der Waals surface area contributed by atoms with Crippen LogP contribution in [-0.2, 0) is 20.0 Å². The Bertz CT molecular complexity index is 705. The van der Waals surface area contributed by atoms with Gasteiger partial charge >= 0.3 is 0 Å². The van der Waals surface area contributed by atoms with E-state index in [1.54, 1.807) is 13.0 Å². The van der Waals surface area contributed by atoms with Crippen molar-refractivity contribution in [2.75, 3.05) is 4.72 Å². The van der Waals surface area contributed by atoms with Crippen LogP contribution in [0.2, 0.25) is 0 Å². The molecule has 19 heavy (non-hydrogen) atoms. The monoisotopic (exact) mass is 303 g/mol. The van der Waals surface area contributed by atoms with Crippen molar-refractivity contribution in [2.24, 2.45) is 5.14 Å². The van der Waals surface area contributed by atoms with E-state index in [9.17, 15) is 16.8 Å². The second kappa shape index (κ2) is 5.56. The summed E-state index contributed by atoms with van der Waals surface area (Å²) in [5, 5.41) is 12.5. The fourth-order valence-corrected chi connectivity index (χ4v) is 3.37. The molecule has 0 aromatic heterocycles. The standard InChI is InChI=1S/C10H13N3O4S2/c1-2-8(7-11)19(16,17)13-9-5-3-4-6-10(9)18(12,14)15/h3-6,8,13H,2H2,1H3,(H2,12,14,15). The molecule has 104 valence electrons. The van der Waals surface area contributed by atoms with E-state index in [4.69, 9.17) is 10.4 Å². The molecule has 0 saturated heterocycles. The van der Waals surface area contributed by atoms with E-state index in [2.05, 4.69) is 4.72 Å². The van der Waals surface area contributed by atoms with E-state index in [-0.39, 0.29) is 17.0 Å². The lowest BCUT2D eigenvalue weighted by Gasteiger charge is -2.13. The van der Waals surface area contributed by atoms with Gasteiger partial charge in [-0.3, -0.25) is 4.72 Å². The maximum Gasteiger partial charge on any atom is 0.249 e. The quantitative estimate of drug-likeness (QED) is 0.812. The number of hydrogen-bond donors (Lipinski definition) is 2. The van der Waals surface area contributed by atoms with Gasteiger partial charge in [-0.05, 0) is 18.6 Å². The first-order valence-electron chi connectivity index (χ1n) is 5.25. The average molecular weight is 303 g/mol. The van der Waals surface area contributed by atoms with Crippen LogP contribution in [0.5, 0.6) is 0 Å². The lowest BCUT2D eigenvalue weighted by Crippen LogP contribution is -2.27. The Kier molecular flexibility index (Phi) is 4.52. The first-order chi connectivity index (χ1) is 8.72. The van der Waals surface area contributed by atoms with E-state index >= 15 is 0 Å². The van der Waals surface area contributed by atoms with Crippen LogP contribution in [0.3, 0.4) is 0 Å². The summed E-state index contributed by atoms with van der Waals surface area (Å²) in [7, 11) is -8.04. The molecule has 1 aromatic rings. The Balaban J connectivity index is 3.26. The van der Waals surface area contributed by atoms with E-state index in [0.717, 1.165) is 0 Å². The van der Waals surface area contributed by atoms with Crippen molar-refractivity contribution >= 4 is 25.7 Å². The number of rotatable bonds is 5. The minimum Gasteiger partial charge on any atom is -0.281 e. The highest BCUT2D eigenvalue weighted by atomic mass is 32.2. The molecule has 7 nitrogen and oxygen atoms in total. The van der Waals surface area contributed by atoms with Gasteiger partial charge in [-0.25, -0.2) is 22.0 Å². The van der Waals surface area contributed by atoms with Crippen LogP contribution in [0.1, 0.15) is 13.3 Å². The van der Waals surface area contributed by atoms with E-state index in [0.29, 0.717) is 0 Å². The normalized spacial score (nSPS) is 13.5. The molecule has 0 bridgehead atoms. The van der Waals surface area contributed by atoms with Crippen LogP contribution in [0, 0.1) is 11.3 Å². The van der Waals surface area contributed by atoms with Gasteiger partial charge < -0.3 is 0 Å². The van der Waals surface area contributed by atoms with Crippen molar-refractivity contribution in [3.63, 3.8) is 0 Å². The van der Waals surface area contributed by atoms with Crippen LogP contribution >= 0.6 is 0 Å². The Morgan fingerprint density at radius 2 is 1.89 bits per heavy atom. The van der Waals surface area contributed by atoms with Crippen molar-refractivity contribution < 1.29 is 16.8 Å². The smallest absolute Gasteiger partial charge is 0.249 e. The third kappa shape index (κ3) is 3.66. The molecule has 0 radical (unpaired) electrons. The lowest BCUT2D eigenvalue weighted by atomic mass is 10.3. The number of benzene rings is 1. The summed E-state index contributed by atoms with van der Waals surface area (Å²) in [6.45, 7) is 1.54. The van der Waals surface area contributed by atoms with Crippen LogP contribution < -0.4 is 9.86 Å². The fraction of sp³-hybridized carbons (Fsp3) is 0.300. The summed E-state index contributed by atoms with van der Waals surface area (Å²) in [4.78, 5) is -0.341. The molecule has 1 aromatic carbocycles. The highest BCUT2D eigenvalue weighted by Gasteiger charge is 2.25. The number of sulfonamides is 2. The average Bonchev–Trinajstić information content (AvgIpc) is 2.28. The molecule has 0 saturated carbocycles. The summed E-state index contributed by atoms with van der Waals surface area (Å²) in [5.74, 6) is 0. The van der Waals surface area contributed by atoms with Crippen LogP contribution in [0.15, 0.2) is 29.2 Å². The molecule has 0 amide bonds. The molecule has 0 aliphatic rings. The lowest BCUT2D eigenvalue weighted by molar-refractivity contribution is 0.592. The first kappa shape index (κ1) is 15.4. The Morgan fingerprint density at radius 3 is 2.37 bits per heavy atom. The minimum atomic E-state index is -4.05. The maximum atomic E-state index is 11.9. The van der Waals surface area contributed by atoms with Gasteiger partial charge in [0.25, 0.3) is 0 Å². The fourth-order valence-electron chi connectivity index (χ4n) is 1.40. The largest absolute Gasteiger partial charge is 0.281 e. The summed E-state index contributed by atoms with van der Waals surface area (Å²) in [6, 6.07) is 6.96. The zero-order valence-corrected chi connectivity index (χ0v) is 11.7. The van der Waals surface area contributed by atoms with Crippen LogP contribution in [0.25, 0.3) is 0 Å². The summed E-state index contributed by atoms with van der Waals surface area (Å²) < 4.78 is 48.5. The molecule has 1 unspecified atom stereocenters. The number of nitriles is 1. The molecule has 0 fully saturated rings. The molecule has 1 atom stereocenters. The number of anilines is 1. The second-order valence-electron chi connectivity index (χ2n) is 3.71. The van der Waals surface area contributed by atoms with Gasteiger partial charge in [-0.2, -0.15) is 5.26 Å². The summed E-state index contributed by atoms with van der Waals surface area (Å²) in [6.07, 6.45) is 0.0867. The van der Waals surface area contributed by atoms with Gasteiger partial charge in [0, 0.05) is 0 Å². The second-order valence-corrected chi connectivity index (χ2v) is 7.11. The zero-order chi connectivity index (χ0) is 14.7. The predicted octanol–water partition coefficient (Wildman–Crippen LogP) is 0.378. The molecule has 0 heterocycles. The van der Waals surface area contributed by atoms with Gasteiger partial charge in [0.05, 0.1) is 11.8 Å². The highest BCUT2D eigenvalue weighted by molar-refractivity contribution is 7.93. The number of nitrogens with zero attached hydrogens (tertiary/aromatic N) is 1. The third-order valence-corrected chi connectivity index (χ3v) is 5.00. The van der Waals surface area contributed by atoms with Gasteiger partial charge in [-0.1, -0.05) is 19.1 Å². The molecule has 0 spiro atoms. The predicted molar refractivity (Wildman–Crippen MR) is 70.0 cm³/mol. The third-order valence-electron chi connectivity index (χ3n) is 2.34. The van der Waals surface area contributed by atoms with E-state index in [1.807, 2.05) is 0 Å². The minimum absolute atomic E-state index is 0.0867. The molecular formula is C10H13N3O4S2. The molecular weight excluding hydrogens is 290 g/mol. The van der Waals surface area contributed by atoms with E-state index < -0.39 is 25.3 Å². The SMILES string of the molecule is CCC(C#N)S(=O)(=O)Nc1ccccc1S(N)(=O)=O. The number of nitrogens with one attached hydrogen (secondary N) is 1. The number of primary sulfonamides is 1. The van der Waals surface area contributed by atoms with Crippen molar-refractivity contribution in [1.29, 1.82) is 5.26 Å². The molecule has 1 rings (SSSR count). The maximum absolute atomic E-state index is 11.9. The van der Waals surface area contributed by atoms with Gasteiger partial charge in [0.1, 0.15) is 4.90 Å². The van der Waals surface area contributed by atoms with Crippen LogP contribution in [-0.4, -0.2) is 22.1 Å². The molecule has 0 aliphatic carbocycles. The van der Waals surface area contributed by atoms with Crippen molar-refractivity contribution in [2.45, 2.75) is 23.5 Å². The van der Waals surface area contributed by atoms with Gasteiger partial charge in [0.15, 0.2) is 5.25 Å². The summed E-state index contributed by atoms with van der Waals surface area (Å²) in [5.41, 5.74) is -0.168. The molecule has 0 aliphatic heterocycles. The zero-order valence-electron chi connectivity index (χ0n) is 10.1. The Hall–Kier alpha value is -1.63. The number of nitrogens with two attached hydrogens (primary N) is 1. The van der Waals surface area contributed by atoms with Crippen molar-refractivity contribution in [1.82, 2.24) is 0 Å². The van der Waals surface area contributed by atoms with E-state index in [1.165, 1.54) is 24.3 Å². The van der Waals surface area contributed by atoms with Crippen LogP contribution in [0.4, 0.5) is 5.69 Å². The Labute approximate surface area is 112 Å². The number of hydrogen-bond acceptors (Lipinski definition) is 5.